The van der Waals surface area contributed by atoms with Crippen LogP contribution in [-0.4, -0.2) is 16.7 Å². The molecule has 0 bridgehead atoms. The van der Waals surface area contributed by atoms with Crippen LogP contribution in [0.2, 0.25) is 0 Å². The molecular weight excluding hydrogens is 264 g/mol. The molecule has 21 heavy (non-hydrogen) atoms. The summed E-state index contributed by atoms with van der Waals surface area (Å²) in [6, 6.07) is 1.71. The Balaban J connectivity index is 2.20. The second-order valence-electron chi connectivity index (χ2n) is 6.82. The highest BCUT2D eigenvalue weighted by Gasteiger charge is 2.27. The molecule has 0 atom stereocenters. The predicted octanol–water partition coefficient (Wildman–Crippen LogP) is 3.83. The Kier molecular flexibility index (Phi) is 4.76. The van der Waals surface area contributed by atoms with Gasteiger partial charge in [-0.15, -0.1) is 0 Å². The summed E-state index contributed by atoms with van der Waals surface area (Å²) < 4.78 is 0. The smallest absolute Gasteiger partial charge is 0.229 e. The van der Waals surface area contributed by atoms with Crippen LogP contribution in [0.1, 0.15) is 63.2 Å². The molecule has 1 aliphatic rings. The van der Waals surface area contributed by atoms with Gasteiger partial charge in [0, 0.05) is 23.7 Å². The van der Waals surface area contributed by atoms with E-state index in [1.54, 1.807) is 18.5 Å². The molecular formula is C17H24N2O2. The number of ketones is 1. The van der Waals surface area contributed by atoms with Crippen molar-refractivity contribution >= 4 is 17.4 Å². The lowest BCUT2D eigenvalue weighted by Crippen LogP contribution is -2.29. The zero-order chi connectivity index (χ0) is 15.5. The lowest BCUT2D eigenvalue weighted by molar-refractivity contribution is -0.123. The number of rotatable bonds is 3. The molecule has 4 heteroatoms. The fraction of sp³-hybridized carbons (Fsp3) is 0.588. The fourth-order valence-corrected chi connectivity index (χ4v) is 2.59. The van der Waals surface area contributed by atoms with E-state index in [0.717, 1.165) is 25.7 Å². The van der Waals surface area contributed by atoms with E-state index >= 15 is 0 Å². The van der Waals surface area contributed by atoms with Gasteiger partial charge in [-0.25, -0.2) is 0 Å². The van der Waals surface area contributed by atoms with E-state index in [4.69, 9.17) is 0 Å². The van der Waals surface area contributed by atoms with E-state index in [-0.39, 0.29) is 17.6 Å². The van der Waals surface area contributed by atoms with Gasteiger partial charge >= 0.3 is 0 Å². The number of anilines is 1. The van der Waals surface area contributed by atoms with Gasteiger partial charge in [0.2, 0.25) is 5.91 Å². The van der Waals surface area contributed by atoms with Crippen molar-refractivity contribution in [1.29, 1.82) is 0 Å². The van der Waals surface area contributed by atoms with Crippen LogP contribution in [-0.2, 0) is 4.79 Å². The molecule has 0 aliphatic heterocycles. The molecule has 114 valence electrons. The lowest BCUT2D eigenvalue weighted by atomic mass is 9.84. The first-order valence-corrected chi connectivity index (χ1v) is 7.69. The predicted molar refractivity (Wildman–Crippen MR) is 83.2 cm³/mol. The molecule has 1 aromatic heterocycles. The molecule has 0 spiro atoms. The molecule has 0 unspecified atom stereocenters. The Bertz CT molecular complexity index is 526. The number of Topliss-reactive ketones (excluding diaryl/α,β-unsaturated/α-hetero) is 1. The van der Waals surface area contributed by atoms with Crippen LogP contribution in [0.5, 0.6) is 0 Å². The van der Waals surface area contributed by atoms with Crippen molar-refractivity contribution in [3.05, 3.63) is 24.0 Å². The summed E-state index contributed by atoms with van der Waals surface area (Å²) in [6.07, 6.45) is 8.51. The maximum absolute atomic E-state index is 12.7. The number of hydrogen-bond donors (Lipinski definition) is 1. The van der Waals surface area contributed by atoms with Gasteiger partial charge in [-0.2, -0.15) is 0 Å². The summed E-state index contributed by atoms with van der Waals surface area (Å²) in [4.78, 5) is 28.9. The number of amides is 1. The number of aromatic nitrogens is 1. The van der Waals surface area contributed by atoms with E-state index in [0.29, 0.717) is 11.3 Å². The van der Waals surface area contributed by atoms with Gasteiger partial charge in [-0.05, 0) is 18.9 Å². The molecule has 0 aromatic carbocycles. The third-order valence-electron chi connectivity index (χ3n) is 3.99. The largest absolute Gasteiger partial charge is 0.325 e. The lowest BCUT2D eigenvalue weighted by Gasteiger charge is -2.22. The molecule has 2 rings (SSSR count). The normalized spacial score (nSPS) is 16.5. The molecule has 1 saturated carbocycles. The SMILES string of the molecule is CC(C)(C)C(=O)Nc1ccncc1C(=O)C1CCCCC1. The Morgan fingerprint density at radius 1 is 1.19 bits per heavy atom. The number of carbonyl (C=O) groups excluding carboxylic acids is 2. The van der Waals surface area contributed by atoms with Gasteiger partial charge in [0.05, 0.1) is 11.3 Å². The van der Waals surface area contributed by atoms with E-state index in [1.807, 2.05) is 20.8 Å². The summed E-state index contributed by atoms with van der Waals surface area (Å²) in [5.41, 5.74) is 0.636. The van der Waals surface area contributed by atoms with Crippen LogP contribution in [0, 0.1) is 11.3 Å². The van der Waals surface area contributed by atoms with Crippen molar-refractivity contribution in [2.24, 2.45) is 11.3 Å². The molecule has 1 heterocycles. The van der Waals surface area contributed by atoms with E-state index in [9.17, 15) is 9.59 Å². The number of nitrogens with zero attached hydrogens (tertiary/aromatic N) is 1. The summed E-state index contributed by atoms with van der Waals surface area (Å²) in [7, 11) is 0. The second kappa shape index (κ2) is 6.37. The molecule has 0 radical (unpaired) electrons. The molecule has 1 aliphatic carbocycles. The zero-order valence-corrected chi connectivity index (χ0v) is 13.1. The van der Waals surface area contributed by atoms with Crippen molar-refractivity contribution in [2.45, 2.75) is 52.9 Å². The van der Waals surface area contributed by atoms with Crippen molar-refractivity contribution in [3.63, 3.8) is 0 Å². The minimum Gasteiger partial charge on any atom is -0.325 e. The van der Waals surface area contributed by atoms with Crippen molar-refractivity contribution in [3.8, 4) is 0 Å². The van der Waals surface area contributed by atoms with Crippen LogP contribution in [0.25, 0.3) is 0 Å². The van der Waals surface area contributed by atoms with Gasteiger partial charge in [-0.3, -0.25) is 14.6 Å². The quantitative estimate of drug-likeness (QED) is 0.860. The Hall–Kier alpha value is -1.71. The number of carbonyl (C=O) groups is 2. The van der Waals surface area contributed by atoms with Gasteiger partial charge in [0.15, 0.2) is 5.78 Å². The second-order valence-corrected chi connectivity index (χ2v) is 6.82. The van der Waals surface area contributed by atoms with Gasteiger partial charge < -0.3 is 5.32 Å². The van der Waals surface area contributed by atoms with Gasteiger partial charge in [0.1, 0.15) is 0 Å². The Morgan fingerprint density at radius 2 is 1.86 bits per heavy atom. The number of pyridine rings is 1. The maximum Gasteiger partial charge on any atom is 0.229 e. The molecule has 4 nitrogen and oxygen atoms in total. The Labute approximate surface area is 126 Å². The molecule has 1 N–H and O–H groups in total. The van der Waals surface area contributed by atoms with Crippen LogP contribution in [0.3, 0.4) is 0 Å². The third-order valence-corrected chi connectivity index (χ3v) is 3.99. The summed E-state index contributed by atoms with van der Waals surface area (Å²) in [5.74, 6) is 0.103. The van der Waals surface area contributed by atoms with Crippen molar-refractivity contribution < 1.29 is 9.59 Å². The first-order valence-electron chi connectivity index (χ1n) is 7.69. The fourth-order valence-electron chi connectivity index (χ4n) is 2.59. The number of hydrogen-bond acceptors (Lipinski definition) is 3. The average molecular weight is 288 g/mol. The summed E-state index contributed by atoms with van der Waals surface area (Å²) in [6.45, 7) is 5.56. The number of nitrogens with one attached hydrogen (secondary N) is 1. The minimum absolute atomic E-state index is 0.0771. The van der Waals surface area contributed by atoms with E-state index in [1.165, 1.54) is 6.42 Å². The summed E-state index contributed by atoms with van der Waals surface area (Å²) >= 11 is 0. The van der Waals surface area contributed by atoms with Crippen LogP contribution in [0.15, 0.2) is 18.5 Å². The van der Waals surface area contributed by atoms with Crippen LogP contribution >= 0.6 is 0 Å². The first-order chi connectivity index (χ1) is 9.89. The monoisotopic (exact) mass is 288 g/mol. The van der Waals surface area contributed by atoms with Gasteiger partial charge in [-0.1, -0.05) is 40.0 Å². The first kappa shape index (κ1) is 15.7. The van der Waals surface area contributed by atoms with Crippen molar-refractivity contribution in [1.82, 2.24) is 4.98 Å². The van der Waals surface area contributed by atoms with Crippen molar-refractivity contribution in [2.75, 3.05) is 5.32 Å². The zero-order valence-electron chi connectivity index (χ0n) is 13.1. The average Bonchev–Trinajstić information content (AvgIpc) is 2.47. The molecule has 0 saturated heterocycles. The highest BCUT2D eigenvalue weighted by molar-refractivity contribution is 6.06. The topological polar surface area (TPSA) is 59.1 Å². The highest BCUT2D eigenvalue weighted by atomic mass is 16.2. The Morgan fingerprint density at radius 3 is 2.48 bits per heavy atom. The molecule has 1 fully saturated rings. The molecule has 1 amide bonds. The standard InChI is InChI=1S/C17H24N2O2/c1-17(2,3)16(21)19-14-9-10-18-11-13(14)15(20)12-7-5-4-6-8-12/h9-12H,4-8H2,1-3H3,(H,18,19,21). The summed E-state index contributed by atoms with van der Waals surface area (Å²) in [5, 5.41) is 2.87. The van der Waals surface area contributed by atoms with E-state index < -0.39 is 5.41 Å². The minimum atomic E-state index is -0.492. The molecule has 1 aromatic rings. The van der Waals surface area contributed by atoms with Gasteiger partial charge in [0.25, 0.3) is 0 Å². The van der Waals surface area contributed by atoms with E-state index in [2.05, 4.69) is 10.3 Å². The van der Waals surface area contributed by atoms with Crippen LogP contribution in [0.4, 0.5) is 5.69 Å². The highest BCUT2D eigenvalue weighted by Crippen LogP contribution is 2.29. The third kappa shape index (κ3) is 3.90. The maximum atomic E-state index is 12.7. The van der Waals surface area contributed by atoms with Crippen LogP contribution < -0.4 is 5.32 Å².